The Balaban J connectivity index is 0.00000225. The largest absolute Gasteiger partial charge is 0.495 e. The van der Waals surface area contributed by atoms with Crippen LogP contribution in [-0.2, 0) is 4.79 Å². The SMILES string of the molecule is COc1ccccc1NC(=O)C(C)CN.Cl. The monoisotopic (exact) mass is 244 g/mol. The van der Waals surface area contributed by atoms with Crippen LogP contribution in [0.25, 0.3) is 0 Å². The first kappa shape index (κ1) is 14.7. The van der Waals surface area contributed by atoms with Crippen LogP contribution in [0.5, 0.6) is 5.75 Å². The van der Waals surface area contributed by atoms with E-state index in [1.165, 1.54) is 0 Å². The normalized spacial score (nSPS) is 11.2. The minimum Gasteiger partial charge on any atom is -0.495 e. The number of anilines is 1. The van der Waals surface area contributed by atoms with E-state index in [0.717, 1.165) is 0 Å². The molecule has 1 rings (SSSR count). The fourth-order valence-electron chi connectivity index (χ4n) is 1.11. The van der Waals surface area contributed by atoms with Crippen LogP contribution in [0.2, 0.25) is 0 Å². The van der Waals surface area contributed by atoms with Gasteiger partial charge >= 0.3 is 0 Å². The van der Waals surface area contributed by atoms with Crippen LogP contribution in [0.4, 0.5) is 5.69 Å². The highest BCUT2D eigenvalue weighted by atomic mass is 35.5. The molecule has 0 aromatic heterocycles. The maximum absolute atomic E-state index is 11.6. The molecular weight excluding hydrogens is 228 g/mol. The Morgan fingerprint density at radius 3 is 2.69 bits per heavy atom. The third-order valence-corrected chi connectivity index (χ3v) is 2.17. The molecule has 4 nitrogen and oxygen atoms in total. The van der Waals surface area contributed by atoms with Gasteiger partial charge in [-0.05, 0) is 12.1 Å². The van der Waals surface area contributed by atoms with E-state index in [2.05, 4.69) is 5.32 Å². The van der Waals surface area contributed by atoms with E-state index < -0.39 is 0 Å². The number of rotatable bonds is 4. The number of benzene rings is 1. The maximum atomic E-state index is 11.6. The van der Waals surface area contributed by atoms with Crippen molar-refractivity contribution in [1.29, 1.82) is 0 Å². The van der Waals surface area contributed by atoms with Gasteiger partial charge in [-0.25, -0.2) is 0 Å². The number of hydrogen-bond acceptors (Lipinski definition) is 3. The van der Waals surface area contributed by atoms with Gasteiger partial charge in [0.15, 0.2) is 0 Å². The topological polar surface area (TPSA) is 64.3 Å². The number of carbonyl (C=O) groups is 1. The lowest BCUT2D eigenvalue weighted by atomic mass is 10.1. The van der Waals surface area contributed by atoms with Gasteiger partial charge in [0.2, 0.25) is 5.91 Å². The number of ether oxygens (including phenoxy) is 1. The van der Waals surface area contributed by atoms with Crippen molar-refractivity contribution in [3.05, 3.63) is 24.3 Å². The smallest absolute Gasteiger partial charge is 0.228 e. The molecule has 0 spiro atoms. The molecule has 0 saturated heterocycles. The first-order valence-corrected chi connectivity index (χ1v) is 4.83. The van der Waals surface area contributed by atoms with Gasteiger partial charge in [0.25, 0.3) is 0 Å². The van der Waals surface area contributed by atoms with E-state index in [-0.39, 0.29) is 24.2 Å². The molecule has 1 aromatic carbocycles. The molecule has 90 valence electrons. The second-order valence-electron chi connectivity index (χ2n) is 3.33. The molecule has 1 aromatic rings. The number of nitrogens with one attached hydrogen (secondary N) is 1. The van der Waals surface area contributed by atoms with Crippen LogP contribution in [-0.4, -0.2) is 19.6 Å². The highest BCUT2D eigenvalue weighted by Gasteiger charge is 2.12. The molecular formula is C11H17ClN2O2. The fourth-order valence-corrected chi connectivity index (χ4v) is 1.11. The number of amides is 1. The summed E-state index contributed by atoms with van der Waals surface area (Å²) in [7, 11) is 1.57. The summed E-state index contributed by atoms with van der Waals surface area (Å²) >= 11 is 0. The molecule has 16 heavy (non-hydrogen) atoms. The lowest BCUT2D eigenvalue weighted by molar-refractivity contribution is -0.119. The maximum Gasteiger partial charge on any atom is 0.228 e. The highest BCUT2D eigenvalue weighted by molar-refractivity contribution is 5.93. The zero-order chi connectivity index (χ0) is 11.3. The highest BCUT2D eigenvalue weighted by Crippen LogP contribution is 2.23. The zero-order valence-electron chi connectivity index (χ0n) is 9.40. The van der Waals surface area contributed by atoms with Gasteiger partial charge < -0.3 is 15.8 Å². The minimum atomic E-state index is -0.199. The van der Waals surface area contributed by atoms with E-state index in [9.17, 15) is 4.79 Å². The van der Waals surface area contributed by atoms with Crippen LogP contribution in [0.3, 0.4) is 0 Å². The Bertz CT molecular complexity index is 345. The van der Waals surface area contributed by atoms with Crippen molar-refractivity contribution in [2.24, 2.45) is 11.7 Å². The molecule has 0 radical (unpaired) electrons. The Morgan fingerprint density at radius 1 is 1.50 bits per heavy atom. The average Bonchev–Trinajstić information content (AvgIpc) is 2.28. The van der Waals surface area contributed by atoms with Gasteiger partial charge in [-0.15, -0.1) is 12.4 Å². The van der Waals surface area contributed by atoms with E-state index >= 15 is 0 Å². The molecule has 5 heteroatoms. The van der Waals surface area contributed by atoms with Crippen LogP contribution >= 0.6 is 12.4 Å². The minimum absolute atomic E-state index is 0. The van der Waals surface area contributed by atoms with Crippen molar-refractivity contribution in [3.8, 4) is 5.75 Å². The fraction of sp³-hybridized carbons (Fsp3) is 0.364. The number of para-hydroxylation sites is 2. The first-order chi connectivity index (χ1) is 7.19. The molecule has 0 aliphatic heterocycles. The van der Waals surface area contributed by atoms with Crippen LogP contribution in [0.1, 0.15) is 6.92 Å². The first-order valence-electron chi connectivity index (χ1n) is 4.83. The van der Waals surface area contributed by atoms with Gasteiger partial charge in [0, 0.05) is 12.5 Å². The summed E-state index contributed by atoms with van der Waals surface area (Å²) in [6, 6.07) is 7.27. The summed E-state index contributed by atoms with van der Waals surface area (Å²) in [5, 5.41) is 2.77. The predicted molar refractivity (Wildman–Crippen MR) is 67.1 cm³/mol. The Morgan fingerprint density at radius 2 is 2.12 bits per heavy atom. The van der Waals surface area contributed by atoms with Gasteiger partial charge in [0.1, 0.15) is 5.75 Å². The van der Waals surface area contributed by atoms with Crippen molar-refractivity contribution in [1.82, 2.24) is 0 Å². The quantitative estimate of drug-likeness (QED) is 0.847. The molecule has 0 heterocycles. The van der Waals surface area contributed by atoms with E-state index in [4.69, 9.17) is 10.5 Å². The number of methoxy groups -OCH3 is 1. The number of carbonyl (C=O) groups excluding carboxylic acids is 1. The Labute approximate surface area is 102 Å². The molecule has 0 saturated carbocycles. The van der Waals surface area contributed by atoms with Gasteiger partial charge in [-0.3, -0.25) is 4.79 Å². The van der Waals surface area contributed by atoms with E-state index in [1.807, 2.05) is 12.1 Å². The second-order valence-corrected chi connectivity index (χ2v) is 3.33. The van der Waals surface area contributed by atoms with Crippen molar-refractivity contribution < 1.29 is 9.53 Å². The average molecular weight is 245 g/mol. The summed E-state index contributed by atoms with van der Waals surface area (Å²) in [4.78, 5) is 11.6. The zero-order valence-corrected chi connectivity index (χ0v) is 10.2. The molecule has 1 atom stereocenters. The Kier molecular flexibility index (Phi) is 6.53. The van der Waals surface area contributed by atoms with Crippen molar-refractivity contribution in [2.75, 3.05) is 19.0 Å². The summed E-state index contributed by atoms with van der Waals surface area (Å²) in [6.07, 6.45) is 0. The van der Waals surface area contributed by atoms with Crippen molar-refractivity contribution >= 4 is 24.0 Å². The Hall–Kier alpha value is -1.26. The summed E-state index contributed by atoms with van der Waals surface area (Å²) in [6.45, 7) is 2.12. The molecule has 0 aliphatic rings. The third kappa shape index (κ3) is 3.72. The summed E-state index contributed by atoms with van der Waals surface area (Å²) < 4.78 is 5.11. The lowest BCUT2D eigenvalue weighted by Crippen LogP contribution is -2.26. The molecule has 1 amide bonds. The molecule has 0 aliphatic carbocycles. The molecule has 3 N–H and O–H groups in total. The summed E-state index contributed by atoms with van der Waals surface area (Å²) in [5.74, 6) is 0.354. The molecule has 1 unspecified atom stereocenters. The van der Waals surface area contributed by atoms with Gasteiger partial charge in [-0.1, -0.05) is 19.1 Å². The second kappa shape index (κ2) is 7.09. The van der Waals surface area contributed by atoms with E-state index in [1.54, 1.807) is 26.2 Å². The van der Waals surface area contributed by atoms with Crippen LogP contribution in [0, 0.1) is 5.92 Å². The van der Waals surface area contributed by atoms with Crippen LogP contribution in [0.15, 0.2) is 24.3 Å². The van der Waals surface area contributed by atoms with Gasteiger partial charge in [0.05, 0.1) is 12.8 Å². The molecule has 0 bridgehead atoms. The molecule has 0 fully saturated rings. The van der Waals surface area contributed by atoms with Crippen molar-refractivity contribution in [3.63, 3.8) is 0 Å². The number of nitrogens with two attached hydrogens (primary N) is 1. The van der Waals surface area contributed by atoms with E-state index in [0.29, 0.717) is 18.0 Å². The van der Waals surface area contributed by atoms with Crippen LogP contribution < -0.4 is 15.8 Å². The van der Waals surface area contributed by atoms with Gasteiger partial charge in [-0.2, -0.15) is 0 Å². The number of halogens is 1. The predicted octanol–water partition coefficient (Wildman–Crippen LogP) is 1.65. The third-order valence-electron chi connectivity index (χ3n) is 2.17. The number of hydrogen-bond donors (Lipinski definition) is 2. The lowest BCUT2D eigenvalue weighted by Gasteiger charge is -2.12. The standard InChI is InChI=1S/C11H16N2O2.ClH/c1-8(7-12)11(14)13-9-5-3-4-6-10(9)15-2;/h3-6,8H,7,12H2,1-2H3,(H,13,14);1H. The van der Waals surface area contributed by atoms with Crippen molar-refractivity contribution in [2.45, 2.75) is 6.92 Å². The summed E-state index contributed by atoms with van der Waals surface area (Å²) in [5.41, 5.74) is 6.08.